The van der Waals surface area contributed by atoms with Crippen LogP contribution in [0.1, 0.15) is 25.9 Å². The van der Waals surface area contributed by atoms with E-state index in [9.17, 15) is 9.59 Å². The molecule has 2 aromatic rings. The molecule has 0 saturated carbocycles. The number of nitrogens with one attached hydrogen (secondary N) is 1. The van der Waals surface area contributed by atoms with Crippen LogP contribution in [0.5, 0.6) is 0 Å². The van der Waals surface area contributed by atoms with E-state index in [-0.39, 0.29) is 17.3 Å². The third-order valence-electron chi connectivity index (χ3n) is 2.21. The number of nitrogens with zero attached hydrogens (tertiary/aromatic N) is 2. The number of carboxylic acid groups (broad SMARTS) is 1. The fourth-order valence-electron chi connectivity index (χ4n) is 1.38. The van der Waals surface area contributed by atoms with E-state index in [2.05, 4.69) is 15.3 Å². The summed E-state index contributed by atoms with van der Waals surface area (Å²) in [6, 6.07) is 3.05. The predicted octanol–water partition coefficient (Wildman–Crippen LogP) is 1.80. The Bertz CT molecular complexity index is 609. The number of thiazole rings is 1. The van der Waals surface area contributed by atoms with Gasteiger partial charge in [0.25, 0.3) is 5.91 Å². The molecule has 0 spiro atoms. The number of anilines is 1. The molecule has 0 aliphatic rings. The fraction of sp³-hybridized carbons (Fsp3) is 0.0909. The van der Waals surface area contributed by atoms with E-state index in [1.807, 2.05) is 0 Å². The average Bonchev–Trinajstić information content (AvgIpc) is 2.76. The lowest BCUT2D eigenvalue weighted by Gasteiger charge is -2.06. The van der Waals surface area contributed by atoms with Crippen LogP contribution in [0.2, 0.25) is 0 Å². The normalized spacial score (nSPS) is 10.1. The minimum Gasteiger partial charge on any atom is -0.476 e. The molecule has 2 N–H and O–H groups in total. The lowest BCUT2D eigenvalue weighted by atomic mass is 10.3. The van der Waals surface area contributed by atoms with Crippen molar-refractivity contribution in [1.82, 2.24) is 9.97 Å². The zero-order valence-corrected chi connectivity index (χ0v) is 10.2. The highest BCUT2D eigenvalue weighted by atomic mass is 32.1. The standard InChI is InChI=1S/C11H9N3O3S/c1-6-9(18-5-13-6)10(15)14-7-3-2-4-12-8(7)11(16)17/h2-5H,1H3,(H,14,15)(H,16,17). The number of aromatic carboxylic acids is 1. The molecule has 2 rings (SSSR count). The molecule has 0 radical (unpaired) electrons. The summed E-state index contributed by atoms with van der Waals surface area (Å²) >= 11 is 1.20. The molecule has 0 unspecified atom stereocenters. The van der Waals surface area contributed by atoms with Gasteiger partial charge in [0.15, 0.2) is 5.69 Å². The van der Waals surface area contributed by atoms with Crippen molar-refractivity contribution in [3.63, 3.8) is 0 Å². The van der Waals surface area contributed by atoms with Crippen molar-refractivity contribution in [2.75, 3.05) is 5.32 Å². The van der Waals surface area contributed by atoms with Crippen LogP contribution < -0.4 is 5.32 Å². The quantitative estimate of drug-likeness (QED) is 0.880. The van der Waals surface area contributed by atoms with Crippen molar-refractivity contribution in [3.05, 3.63) is 40.1 Å². The highest BCUT2D eigenvalue weighted by Gasteiger charge is 2.16. The van der Waals surface area contributed by atoms with E-state index in [0.29, 0.717) is 10.6 Å². The molecule has 2 heterocycles. The van der Waals surface area contributed by atoms with Gasteiger partial charge < -0.3 is 10.4 Å². The molecule has 0 bridgehead atoms. The number of amides is 1. The number of hydrogen-bond acceptors (Lipinski definition) is 5. The Hall–Kier alpha value is -2.28. The monoisotopic (exact) mass is 263 g/mol. The first kappa shape index (κ1) is 12.2. The Kier molecular flexibility index (Phi) is 3.33. The van der Waals surface area contributed by atoms with Crippen molar-refractivity contribution in [2.45, 2.75) is 6.92 Å². The number of rotatable bonds is 3. The average molecular weight is 263 g/mol. The number of carboxylic acids is 1. The number of carbonyl (C=O) groups excluding carboxylic acids is 1. The SMILES string of the molecule is Cc1ncsc1C(=O)Nc1cccnc1C(=O)O. The minimum absolute atomic E-state index is 0.169. The van der Waals surface area contributed by atoms with Crippen LogP contribution in [0.25, 0.3) is 0 Å². The van der Waals surface area contributed by atoms with Crippen LogP contribution >= 0.6 is 11.3 Å². The largest absolute Gasteiger partial charge is 0.476 e. The van der Waals surface area contributed by atoms with Crippen molar-refractivity contribution < 1.29 is 14.7 Å². The van der Waals surface area contributed by atoms with Crippen LogP contribution in [-0.2, 0) is 0 Å². The van der Waals surface area contributed by atoms with E-state index < -0.39 is 5.97 Å². The van der Waals surface area contributed by atoms with E-state index in [4.69, 9.17) is 5.11 Å². The van der Waals surface area contributed by atoms with Gasteiger partial charge in [-0.25, -0.2) is 14.8 Å². The van der Waals surface area contributed by atoms with Crippen LogP contribution in [0.4, 0.5) is 5.69 Å². The first-order valence-corrected chi connectivity index (χ1v) is 5.87. The Morgan fingerprint density at radius 3 is 2.78 bits per heavy atom. The summed E-state index contributed by atoms with van der Waals surface area (Å²) in [6.07, 6.45) is 1.36. The zero-order chi connectivity index (χ0) is 13.1. The van der Waals surface area contributed by atoms with E-state index in [1.165, 1.54) is 23.6 Å². The Morgan fingerprint density at radius 2 is 2.17 bits per heavy atom. The topological polar surface area (TPSA) is 92.2 Å². The maximum Gasteiger partial charge on any atom is 0.356 e. The molecule has 0 fully saturated rings. The van der Waals surface area contributed by atoms with Crippen molar-refractivity contribution in [3.8, 4) is 0 Å². The number of aromatic nitrogens is 2. The number of carbonyl (C=O) groups is 2. The predicted molar refractivity (Wildman–Crippen MR) is 66.0 cm³/mol. The zero-order valence-electron chi connectivity index (χ0n) is 9.38. The summed E-state index contributed by atoms with van der Waals surface area (Å²) in [7, 11) is 0. The van der Waals surface area contributed by atoms with Gasteiger partial charge in [0.2, 0.25) is 0 Å². The summed E-state index contributed by atoms with van der Waals surface area (Å²) < 4.78 is 0. The molecule has 0 atom stereocenters. The first-order chi connectivity index (χ1) is 8.59. The van der Waals surface area contributed by atoms with Crippen molar-refractivity contribution in [1.29, 1.82) is 0 Å². The first-order valence-electron chi connectivity index (χ1n) is 4.99. The van der Waals surface area contributed by atoms with E-state index >= 15 is 0 Å². The highest BCUT2D eigenvalue weighted by Crippen LogP contribution is 2.17. The molecule has 0 saturated heterocycles. The summed E-state index contributed by atoms with van der Waals surface area (Å²) in [5.74, 6) is -1.57. The maximum absolute atomic E-state index is 11.9. The van der Waals surface area contributed by atoms with Gasteiger partial charge >= 0.3 is 5.97 Å². The van der Waals surface area contributed by atoms with Gasteiger partial charge in [-0.1, -0.05) is 0 Å². The Balaban J connectivity index is 2.28. The minimum atomic E-state index is -1.19. The fourth-order valence-corrected chi connectivity index (χ4v) is 2.07. The molecule has 1 amide bonds. The Morgan fingerprint density at radius 1 is 1.39 bits per heavy atom. The van der Waals surface area contributed by atoms with Gasteiger partial charge in [-0.05, 0) is 19.1 Å². The molecule has 7 heteroatoms. The smallest absolute Gasteiger partial charge is 0.356 e. The molecular formula is C11H9N3O3S. The number of aryl methyl sites for hydroxylation is 1. The van der Waals surface area contributed by atoms with Gasteiger partial charge in [-0.2, -0.15) is 0 Å². The van der Waals surface area contributed by atoms with Gasteiger partial charge in [-0.15, -0.1) is 11.3 Å². The van der Waals surface area contributed by atoms with Gasteiger partial charge in [-0.3, -0.25) is 4.79 Å². The second kappa shape index (κ2) is 4.92. The molecule has 0 aromatic carbocycles. The molecule has 6 nitrogen and oxygen atoms in total. The summed E-state index contributed by atoms with van der Waals surface area (Å²) in [5, 5.41) is 11.5. The lowest BCUT2D eigenvalue weighted by Crippen LogP contribution is -2.15. The number of pyridine rings is 1. The second-order valence-corrected chi connectivity index (χ2v) is 4.28. The highest BCUT2D eigenvalue weighted by molar-refractivity contribution is 7.12. The molecular weight excluding hydrogens is 254 g/mol. The van der Waals surface area contributed by atoms with Crippen molar-refractivity contribution >= 4 is 28.9 Å². The molecule has 0 aliphatic heterocycles. The molecule has 92 valence electrons. The molecule has 18 heavy (non-hydrogen) atoms. The van der Waals surface area contributed by atoms with Crippen LogP contribution in [-0.4, -0.2) is 27.0 Å². The van der Waals surface area contributed by atoms with E-state index in [1.54, 1.807) is 18.5 Å². The van der Waals surface area contributed by atoms with Gasteiger partial charge in [0.05, 0.1) is 16.9 Å². The van der Waals surface area contributed by atoms with Crippen molar-refractivity contribution in [2.24, 2.45) is 0 Å². The lowest BCUT2D eigenvalue weighted by molar-refractivity contribution is 0.0692. The van der Waals surface area contributed by atoms with Crippen LogP contribution in [0.3, 0.4) is 0 Å². The van der Waals surface area contributed by atoms with E-state index in [0.717, 1.165) is 0 Å². The third kappa shape index (κ3) is 2.35. The summed E-state index contributed by atoms with van der Waals surface area (Å²) in [5.41, 5.74) is 2.15. The Labute approximate surface area is 106 Å². The second-order valence-electron chi connectivity index (χ2n) is 3.43. The number of hydrogen-bond donors (Lipinski definition) is 2. The molecule has 2 aromatic heterocycles. The van der Waals surface area contributed by atoms with Gasteiger partial charge in [0.1, 0.15) is 4.88 Å². The summed E-state index contributed by atoms with van der Waals surface area (Å²) in [6.45, 7) is 1.72. The van der Waals surface area contributed by atoms with Gasteiger partial charge in [0, 0.05) is 6.20 Å². The van der Waals surface area contributed by atoms with Crippen LogP contribution in [0.15, 0.2) is 23.8 Å². The third-order valence-corrected chi connectivity index (χ3v) is 3.14. The summed E-state index contributed by atoms with van der Waals surface area (Å²) in [4.78, 5) is 31.0. The maximum atomic E-state index is 11.9. The molecule has 0 aliphatic carbocycles. The van der Waals surface area contributed by atoms with Crippen LogP contribution in [0, 0.1) is 6.92 Å².